The first-order chi connectivity index (χ1) is 9.65. The van der Waals surface area contributed by atoms with Gasteiger partial charge in [0.25, 0.3) is 0 Å². The van der Waals surface area contributed by atoms with Crippen molar-refractivity contribution in [1.29, 1.82) is 0 Å². The lowest BCUT2D eigenvalue weighted by Gasteiger charge is -2.04. The topological polar surface area (TPSA) is 90.1 Å². The average molecular weight is 276 g/mol. The van der Waals surface area contributed by atoms with E-state index in [9.17, 15) is 4.79 Å². The van der Waals surface area contributed by atoms with Crippen LogP contribution in [0.15, 0.2) is 24.3 Å². The first-order valence-electron chi connectivity index (χ1n) is 6.28. The Morgan fingerprint density at radius 3 is 2.95 bits per heavy atom. The van der Waals surface area contributed by atoms with Crippen LogP contribution in [0.25, 0.3) is 11.4 Å². The number of carbonyl (C=O) groups is 1. The molecular weight excluding hydrogens is 260 g/mol. The maximum absolute atomic E-state index is 10.3. The Bertz CT molecular complexity index is 583. The summed E-state index contributed by atoms with van der Waals surface area (Å²) in [4.78, 5) is 11.7. The third-order valence-electron chi connectivity index (χ3n) is 2.69. The highest BCUT2D eigenvalue weighted by atomic mass is 16.5. The van der Waals surface area contributed by atoms with Crippen LogP contribution in [0.4, 0.5) is 0 Å². The molecule has 1 aromatic carbocycles. The number of tetrazole rings is 1. The van der Waals surface area contributed by atoms with Crippen molar-refractivity contribution in [3.8, 4) is 11.4 Å². The van der Waals surface area contributed by atoms with Gasteiger partial charge >= 0.3 is 5.97 Å². The summed E-state index contributed by atoms with van der Waals surface area (Å²) in [5.41, 5.74) is 1.99. The van der Waals surface area contributed by atoms with Crippen LogP contribution in [0.1, 0.15) is 12.0 Å². The van der Waals surface area contributed by atoms with Gasteiger partial charge in [-0.3, -0.25) is 4.79 Å². The summed E-state index contributed by atoms with van der Waals surface area (Å²) >= 11 is 0. The van der Waals surface area contributed by atoms with Gasteiger partial charge in [-0.15, -0.1) is 10.2 Å². The van der Waals surface area contributed by atoms with E-state index in [-0.39, 0.29) is 13.0 Å². The molecule has 0 radical (unpaired) electrons. The minimum absolute atomic E-state index is 0.0313. The number of hydrogen-bond acceptors (Lipinski definition) is 5. The molecule has 7 nitrogen and oxygen atoms in total. The lowest BCUT2D eigenvalue weighted by molar-refractivity contribution is -0.138. The summed E-state index contributed by atoms with van der Waals surface area (Å²) in [5, 5.41) is 20.4. The molecule has 0 aliphatic heterocycles. The van der Waals surface area contributed by atoms with Crippen molar-refractivity contribution in [2.75, 3.05) is 13.2 Å². The molecule has 20 heavy (non-hydrogen) atoms. The Kier molecular flexibility index (Phi) is 4.78. The average Bonchev–Trinajstić information content (AvgIpc) is 2.85. The number of ether oxygens (including phenoxy) is 1. The van der Waals surface area contributed by atoms with Gasteiger partial charge in [0.2, 0.25) is 5.82 Å². The first kappa shape index (κ1) is 14.1. The Hall–Kier alpha value is -2.28. The molecule has 2 aromatic rings. The molecular formula is C13H16N4O3. The minimum Gasteiger partial charge on any atom is -0.481 e. The fourth-order valence-corrected chi connectivity index (χ4v) is 1.72. The van der Waals surface area contributed by atoms with Crippen molar-refractivity contribution in [3.05, 3.63) is 29.8 Å². The molecule has 0 bridgehead atoms. The minimum atomic E-state index is -0.847. The van der Waals surface area contributed by atoms with Gasteiger partial charge in [0.05, 0.1) is 26.7 Å². The molecule has 0 atom stereocenters. The third kappa shape index (κ3) is 4.13. The van der Waals surface area contributed by atoms with Crippen LogP contribution in [0.2, 0.25) is 0 Å². The van der Waals surface area contributed by atoms with Crippen molar-refractivity contribution in [2.24, 2.45) is 7.05 Å². The molecule has 1 N–H and O–H groups in total. The largest absolute Gasteiger partial charge is 0.481 e. The summed E-state index contributed by atoms with van der Waals surface area (Å²) < 4.78 is 5.27. The maximum Gasteiger partial charge on any atom is 0.305 e. The summed E-state index contributed by atoms with van der Waals surface area (Å²) in [5.74, 6) is -0.262. The molecule has 1 aromatic heterocycles. The van der Waals surface area contributed by atoms with E-state index in [0.29, 0.717) is 18.9 Å². The highest BCUT2D eigenvalue weighted by Gasteiger charge is 2.05. The van der Waals surface area contributed by atoms with Gasteiger partial charge in [0.15, 0.2) is 0 Å². The Labute approximate surface area is 116 Å². The van der Waals surface area contributed by atoms with E-state index in [1.807, 2.05) is 24.3 Å². The molecule has 0 saturated heterocycles. The zero-order chi connectivity index (χ0) is 14.4. The smallest absolute Gasteiger partial charge is 0.305 e. The number of aliphatic carboxylic acids is 1. The van der Waals surface area contributed by atoms with E-state index in [1.54, 1.807) is 7.05 Å². The Morgan fingerprint density at radius 2 is 2.25 bits per heavy atom. The van der Waals surface area contributed by atoms with Crippen molar-refractivity contribution in [2.45, 2.75) is 12.8 Å². The predicted molar refractivity (Wildman–Crippen MR) is 71.0 cm³/mol. The van der Waals surface area contributed by atoms with Gasteiger partial charge in [-0.1, -0.05) is 18.2 Å². The quantitative estimate of drug-likeness (QED) is 0.756. The highest BCUT2D eigenvalue weighted by molar-refractivity contribution is 5.66. The van der Waals surface area contributed by atoms with Gasteiger partial charge in [-0.2, -0.15) is 4.80 Å². The molecule has 2 rings (SSSR count). The third-order valence-corrected chi connectivity index (χ3v) is 2.69. The number of carboxylic acid groups (broad SMARTS) is 1. The van der Waals surface area contributed by atoms with Crippen LogP contribution in [-0.4, -0.2) is 44.5 Å². The Morgan fingerprint density at radius 1 is 1.40 bits per heavy atom. The SMILES string of the molecule is Cn1nnc(-c2cccc(CCOCCC(=O)O)c2)n1. The number of aryl methyl sites for hydroxylation is 1. The van der Waals surface area contributed by atoms with Gasteiger partial charge in [0, 0.05) is 5.56 Å². The van der Waals surface area contributed by atoms with Gasteiger partial charge in [-0.25, -0.2) is 0 Å². The van der Waals surface area contributed by atoms with Crippen LogP contribution >= 0.6 is 0 Å². The first-order valence-corrected chi connectivity index (χ1v) is 6.28. The highest BCUT2D eigenvalue weighted by Crippen LogP contribution is 2.15. The van der Waals surface area contributed by atoms with Crippen molar-refractivity contribution >= 4 is 5.97 Å². The Balaban J connectivity index is 1.88. The van der Waals surface area contributed by atoms with Crippen molar-refractivity contribution in [3.63, 3.8) is 0 Å². The number of rotatable bonds is 7. The standard InChI is InChI=1S/C13H16N4O3/c1-17-15-13(14-16-17)11-4-2-3-10(9-11)5-7-20-8-6-12(18)19/h2-4,9H,5-8H2,1H3,(H,18,19). The summed E-state index contributed by atoms with van der Waals surface area (Å²) in [6, 6.07) is 7.82. The van der Waals surface area contributed by atoms with Crippen LogP contribution < -0.4 is 0 Å². The molecule has 106 valence electrons. The molecule has 0 unspecified atom stereocenters. The summed E-state index contributed by atoms with van der Waals surface area (Å²) in [7, 11) is 1.72. The van der Waals surface area contributed by atoms with E-state index < -0.39 is 5.97 Å². The van der Waals surface area contributed by atoms with E-state index in [0.717, 1.165) is 11.1 Å². The second-order valence-electron chi connectivity index (χ2n) is 4.31. The normalized spacial score (nSPS) is 10.7. The zero-order valence-electron chi connectivity index (χ0n) is 11.2. The van der Waals surface area contributed by atoms with E-state index in [2.05, 4.69) is 15.4 Å². The summed E-state index contributed by atoms with van der Waals surface area (Å²) in [6.07, 6.45) is 0.747. The second-order valence-corrected chi connectivity index (χ2v) is 4.31. The fraction of sp³-hybridized carbons (Fsp3) is 0.385. The number of carboxylic acids is 1. The molecule has 0 spiro atoms. The molecule has 0 fully saturated rings. The molecule has 7 heteroatoms. The van der Waals surface area contributed by atoms with E-state index in [1.165, 1.54) is 4.80 Å². The molecule has 0 saturated carbocycles. The number of hydrogen-bond donors (Lipinski definition) is 1. The van der Waals surface area contributed by atoms with Crippen molar-refractivity contribution in [1.82, 2.24) is 20.2 Å². The van der Waals surface area contributed by atoms with Crippen LogP contribution in [-0.2, 0) is 23.0 Å². The van der Waals surface area contributed by atoms with Crippen LogP contribution in [0, 0.1) is 0 Å². The maximum atomic E-state index is 10.3. The molecule has 0 aliphatic rings. The van der Waals surface area contributed by atoms with Gasteiger partial charge in [0.1, 0.15) is 0 Å². The lowest BCUT2D eigenvalue weighted by atomic mass is 10.1. The number of nitrogens with zero attached hydrogens (tertiary/aromatic N) is 4. The van der Waals surface area contributed by atoms with Crippen molar-refractivity contribution < 1.29 is 14.6 Å². The van der Waals surface area contributed by atoms with E-state index in [4.69, 9.17) is 9.84 Å². The molecule has 0 aliphatic carbocycles. The number of aromatic nitrogens is 4. The van der Waals surface area contributed by atoms with Gasteiger partial charge < -0.3 is 9.84 Å². The predicted octanol–water partition coefficient (Wildman–Crippen LogP) is 0.911. The monoisotopic (exact) mass is 276 g/mol. The molecule has 0 amide bonds. The van der Waals surface area contributed by atoms with Gasteiger partial charge in [-0.05, 0) is 23.3 Å². The molecule has 1 heterocycles. The van der Waals surface area contributed by atoms with Crippen LogP contribution in [0.3, 0.4) is 0 Å². The fourth-order valence-electron chi connectivity index (χ4n) is 1.72. The van der Waals surface area contributed by atoms with Crippen LogP contribution in [0.5, 0.6) is 0 Å². The van der Waals surface area contributed by atoms with E-state index >= 15 is 0 Å². The second kappa shape index (κ2) is 6.76. The number of benzene rings is 1. The lowest BCUT2D eigenvalue weighted by Crippen LogP contribution is -2.05. The summed E-state index contributed by atoms with van der Waals surface area (Å²) in [6.45, 7) is 0.728. The zero-order valence-corrected chi connectivity index (χ0v) is 11.2.